The fraction of sp³-hybridized carbons (Fsp3) is 0.625. The van der Waals surface area contributed by atoms with Crippen LogP contribution in [0.25, 0.3) is 0 Å². The number of carbonyl (C=O) groups is 1. The van der Waals surface area contributed by atoms with E-state index in [1.54, 1.807) is 12.4 Å². The number of carbonyl (C=O) groups excluding carboxylic acids is 1. The molecule has 3 heterocycles. The highest BCUT2D eigenvalue weighted by molar-refractivity contribution is 7.88. The summed E-state index contributed by atoms with van der Waals surface area (Å²) in [7, 11) is -3.24. The molecule has 0 aliphatic carbocycles. The van der Waals surface area contributed by atoms with Gasteiger partial charge in [0.25, 0.3) is 0 Å². The predicted octanol–water partition coefficient (Wildman–Crippen LogP) is 0.384. The highest BCUT2D eigenvalue weighted by Crippen LogP contribution is 2.34. The van der Waals surface area contributed by atoms with Gasteiger partial charge in [-0.05, 0) is 24.5 Å². The molecule has 1 aromatic heterocycles. The summed E-state index contributed by atoms with van der Waals surface area (Å²) >= 11 is 0. The van der Waals surface area contributed by atoms with Crippen LogP contribution in [0.2, 0.25) is 0 Å². The fourth-order valence-corrected chi connectivity index (χ4v) is 4.41. The van der Waals surface area contributed by atoms with Crippen molar-refractivity contribution in [3.8, 4) is 0 Å². The van der Waals surface area contributed by atoms with E-state index in [0.29, 0.717) is 39.1 Å². The van der Waals surface area contributed by atoms with Gasteiger partial charge in [-0.3, -0.25) is 9.78 Å². The van der Waals surface area contributed by atoms with Gasteiger partial charge in [0.1, 0.15) is 0 Å². The van der Waals surface area contributed by atoms with Crippen molar-refractivity contribution < 1.29 is 17.9 Å². The molecule has 8 heteroatoms. The van der Waals surface area contributed by atoms with Crippen LogP contribution in [0.1, 0.15) is 18.4 Å². The number of aromatic nitrogens is 1. The molecule has 2 aliphatic rings. The Morgan fingerprint density at radius 1 is 1.46 bits per heavy atom. The average molecular weight is 353 g/mol. The van der Waals surface area contributed by atoms with Crippen LogP contribution in [0.5, 0.6) is 0 Å². The van der Waals surface area contributed by atoms with E-state index in [0.717, 1.165) is 5.56 Å². The van der Waals surface area contributed by atoms with Gasteiger partial charge in [-0.2, -0.15) is 0 Å². The number of rotatable bonds is 4. The Labute approximate surface area is 142 Å². The van der Waals surface area contributed by atoms with E-state index in [-0.39, 0.29) is 23.8 Å². The molecule has 132 valence electrons. The van der Waals surface area contributed by atoms with Gasteiger partial charge >= 0.3 is 0 Å². The van der Waals surface area contributed by atoms with Gasteiger partial charge in [0.2, 0.25) is 15.9 Å². The molecule has 1 amide bonds. The molecule has 1 N–H and O–H groups in total. The minimum atomic E-state index is -3.24. The van der Waals surface area contributed by atoms with E-state index in [4.69, 9.17) is 4.74 Å². The van der Waals surface area contributed by atoms with E-state index in [1.807, 2.05) is 12.1 Å². The lowest BCUT2D eigenvalue weighted by Gasteiger charge is -2.43. The van der Waals surface area contributed by atoms with Crippen LogP contribution in [0.15, 0.2) is 24.5 Å². The molecule has 0 aromatic carbocycles. The van der Waals surface area contributed by atoms with Crippen LogP contribution in [0, 0.1) is 11.8 Å². The average Bonchev–Trinajstić information content (AvgIpc) is 2.58. The Kier molecular flexibility index (Phi) is 5.17. The van der Waals surface area contributed by atoms with Gasteiger partial charge < -0.3 is 10.1 Å². The molecular weight excluding hydrogens is 330 g/mol. The standard InChI is InChI=1S/C16H23N3O4S/c1-24(21,22)19-7-4-15-14(11-19)13(5-8-23-15)16(20)18-10-12-3-2-6-17-9-12/h2-3,6,9,13-15H,4-5,7-8,10-11H2,1H3,(H,18,20)/t13-,14+,15+/m1/s1. The van der Waals surface area contributed by atoms with E-state index >= 15 is 0 Å². The first-order valence-corrected chi connectivity index (χ1v) is 10.0. The Morgan fingerprint density at radius 3 is 3.00 bits per heavy atom. The Morgan fingerprint density at radius 2 is 2.29 bits per heavy atom. The van der Waals surface area contributed by atoms with Crippen LogP contribution in [0.4, 0.5) is 0 Å². The van der Waals surface area contributed by atoms with Crippen LogP contribution in [0.3, 0.4) is 0 Å². The summed E-state index contributed by atoms with van der Waals surface area (Å²) in [6.07, 6.45) is 5.86. The second-order valence-corrected chi connectivity index (χ2v) is 8.44. The van der Waals surface area contributed by atoms with Gasteiger partial charge in [-0.15, -0.1) is 0 Å². The number of pyridine rings is 1. The maximum atomic E-state index is 12.6. The van der Waals surface area contributed by atoms with Crippen molar-refractivity contribution in [2.24, 2.45) is 11.8 Å². The minimum absolute atomic E-state index is 0.0347. The van der Waals surface area contributed by atoms with Crippen molar-refractivity contribution >= 4 is 15.9 Å². The van der Waals surface area contributed by atoms with Crippen molar-refractivity contribution in [1.82, 2.24) is 14.6 Å². The van der Waals surface area contributed by atoms with Crippen molar-refractivity contribution in [3.05, 3.63) is 30.1 Å². The molecule has 1 aromatic rings. The van der Waals surface area contributed by atoms with E-state index < -0.39 is 10.0 Å². The summed E-state index contributed by atoms with van der Waals surface area (Å²) in [6.45, 7) is 1.79. The summed E-state index contributed by atoms with van der Waals surface area (Å²) in [5, 5.41) is 2.95. The summed E-state index contributed by atoms with van der Waals surface area (Å²) in [4.78, 5) is 16.7. The number of hydrogen-bond acceptors (Lipinski definition) is 5. The van der Waals surface area contributed by atoms with Crippen molar-refractivity contribution in [2.75, 3.05) is 26.0 Å². The third kappa shape index (κ3) is 3.93. The predicted molar refractivity (Wildman–Crippen MR) is 88.5 cm³/mol. The highest BCUT2D eigenvalue weighted by Gasteiger charge is 2.43. The Balaban J connectivity index is 1.66. The third-order valence-corrected chi connectivity index (χ3v) is 6.10. The monoisotopic (exact) mass is 353 g/mol. The zero-order valence-electron chi connectivity index (χ0n) is 13.7. The lowest BCUT2D eigenvalue weighted by atomic mass is 9.79. The maximum absolute atomic E-state index is 12.6. The maximum Gasteiger partial charge on any atom is 0.223 e. The number of nitrogens with one attached hydrogen (secondary N) is 1. The molecule has 0 spiro atoms. The smallest absolute Gasteiger partial charge is 0.223 e. The number of amides is 1. The van der Waals surface area contributed by atoms with Gasteiger partial charge in [-0.25, -0.2) is 12.7 Å². The molecule has 0 saturated carbocycles. The second kappa shape index (κ2) is 7.16. The Hall–Kier alpha value is -1.51. The second-order valence-electron chi connectivity index (χ2n) is 6.46. The zero-order chi connectivity index (χ0) is 17.2. The molecule has 0 bridgehead atoms. The number of sulfonamides is 1. The molecule has 2 saturated heterocycles. The first kappa shape index (κ1) is 17.3. The molecule has 3 atom stereocenters. The van der Waals surface area contributed by atoms with Crippen molar-refractivity contribution in [2.45, 2.75) is 25.5 Å². The van der Waals surface area contributed by atoms with Crippen LogP contribution < -0.4 is 5.32 Å². The lowest BCUT2D eigenvalue weighted by Crippen LogP contribution is -2.54. The fourth-order valence-electron chi connectivity index (χ4n) is 3.53. The van der Waals surface area contributed by atoms with Crippen molar-refractivity contribution in [3.63, 3.8) is 0 Å². The Bertz CT molecular complexity index is 680. The third-order valence-electron chi connectivity index (χ3n) is 4.83. The van der Waals surface area contributed by atoms with Gasteiger partial charge in [0.15, 0.2) is 0 Å². The number of nitrogens with zero attached hydrogens (tertiary/aromatic N) is 2. The number of hydrogen-bond donors (Lipinski definition) is 1. The molecule has 2 aliphatic heterocycles. The summed E-state index contributed by atoms with van der Waals surface area (Å²) in [5.41, 5.74) is 0.941. The molecule has 0 unspecified atom stereocenters. The van der Waals surface area contributed by atoms with E-state index in [2.05, 4.69) is 10.3 Å². The van der Waals surface area contributed by atoms with Gasteiger partial charge in [-0.1, -0.05) is 6.07 Å². The zero-order valence-corrected chi connectivity index (χ0v) is 14.5. The van der Waals surface area contributed by atoms with Crippen LogP contribution in [-0.2, 0) is 26.1 Å². The van der Waals surface area contributed by atoms with Gasteiger partial charge in [0, 0.05) is 50.5 Å². The molecular formula is C16H23N3O4S. The largest absolute Gasteiger partial charge is 0.378 e. The highest BCUT2D eigenvalue weighted by atomic mass is 32.2. The minimum Gasteiger partial charge on any atom is -0.378 e. The number of fused-ring (bicyclic) bond motifs is 1. The van der Waals surface area contributed by atoms with E-state index in [1.165, 1.54) is 10.6 Å². The molecule has 7 nitrogen and oxygen atoms in total. The van der Waals surface area contributed by atoms with E-state index in [9.17, 15) is 13.2 Å². The first-order valence-electron chi connectivity index (χ1n) is 8.18. The number of ether oxygens (including phenoxy) is 1. The molecule has 2 fully saturated rings. The quantitative estimate of drug-likeness (QED) is 0.846. The first-order chi connectivity index (χ1) is 11.4. The van der Waals surface area contributed by atoms with Crippen LogP contribution >= 0.6 is 0 Å². The summed E-state index contributed by atoms with van der Waals surface area (Å²) in [6, 6.07) is 3.74. The lowest BCUT2D eigenvalue weighted by molar-refractivity contribution is -0.139. The molecule has 3 rings (SSSR count). The van der Waals surface area contributed by atoms with Gasteiger partial charge in [0.05, 0.1) is 12.4 Å². The molecule has 0 radical (unpaired) electrons. The SMILES string of the molecule is CS(=O)(=O)N1CC[C@@H]2OCC[C@@H](C(=O)NCc3cccnc3)[C@@H]2C1. The topological polar surface area (TPSA) is 88.6 Å². The molecule has 24 heavy (non-hydrogen) atoms. The summed E-state index contributed by atoms with van der Waals surface area (Å²) < 4.78 is 30.9. The van der Waals surface area contributed by atoms with Crippen LogP contribution in [-0.4, -0.2) is 55.7 Å². The summed E-state index contributed by atoms with van der Waals surface area (Å²) in [5.74, 6) is -0.339. The van der Waals surface area contributed by atoms with Crippen molar-refractivity contribution in [1.29, 1.82) is 0 Å². The normalized spacial score (nSPS) is 28.1. The number of piperidine rings is 1.